The van der Waals surface area contributed by atoms with Gasteiger partial charge in [0.2, 0.25) is 5.91 Å². The number of hydrogen-bond acceptors (Lipinski definition) is 7. The zero-order valence-electron chi connectivity index (χ0n) is 14.6. The predicted molar refractivity (Wildman–Crippen MR) is 86.8 cm³/mol. The van der Waals surface area contributed by atoms with Crippen molar-refractivity contribution < 1.29 is 14.3 Å². The lowest BCUT2D eigenvalue weighted by atomic mass is 10.0. The summed E-state index contributed by atoms with van der Waals surface area (Å²) in [6.45, 7) is 3.20. The molecular formula is C14H20N6O5. The first kappa shape index (κ1) is 18.4. The number of rotatable bonds is 5. The lowest BCUT2D eigenvalue weighted by molar-refractivity contribution is -0.146. The fraction of sp³-hybridized carbons (Fsp3) is 0.571. The second kappa shape index (κ2) is 6.87. The van der Waals surface area contributed by atoms with Gasteiger partial charge < -0.3 is 10.1 Å². The number of esters is 1. The molecule has 0 spiro atoms. The fourth-order valence-corrected chi connectivity index (χ4v) is 2.39. The van der Waals surface area contributed by atoms with Gasteiger partial charge in [-0.3, -0.25) is 18.7 Å². The van der Waals surface area contributed by atoms with Gasteiger partial charge in [0.15, 0.2) is 11.2 Å². The third-order valence-corrected chi connectivity index (χ3v) is 3.85. The SMILES string of the molecule is COC(=O)[C@@H](NC(=O)Cn1nnc2c1c(=O)n(C)c(=O)n2C)C(C)C. The largest absolute Gasteiger partial charge is 0.467 e. The van der Waals surface area contributed by atoms with Gasteiger partial charge in [0, 0.05) is 14.1 Å². The van der Waals surface area contributed by atoms with E-state index in [2.05, 4.69) is 20.4 Å². The molecule has 1 atom stereocenters. The van der Waals surface area contributed by atoms with E-state index in [1.165, 1.54) is 25.8 Å². The monoisotopic (exact) mass is 352 g/mol. The van der Waals surface area contributed by atoms with Gasteiger partial charge in [-0.25, -0.2) is 14.3 Å². The number of amides is 1. The molecule has 0 aliphatic carbocycles. The zero-order chi connectivity index (χ0) is 18.9. The Kier molecular flexibility index (Phi) is 5.04. The highest BCUT2D eigenvalue weighted by atomic mass is 16.5. The van der Waals surface area contributed by atoms with Crippen molar-refractivity contribution in [1.82, 2.24) is 29.4 Å². The van der Waals surface area contributed by atoms with Crippen molar-refractivity contribution in [2.75, 3.05) is 7.11 Å². The molecule has 0 radical (unpaired) electrons. The van der Waals surface area contributed by atoms with Crippen LogP contribution in [0.25, 0.3) is 11.2 Å². The molecule has 2 heterocycles. The minimum atomic E-state index is -0.820. The van der Waals surface area contributed by atoms with Gasteiger partial charge in [-0.1, -0.05) is 19.1 Å². The van der Waals surface area contributed by atoms with Crippen LogP contribution in [0.5, 0.6) is 0 Å². The summed E-state index contributed by atoms with van der Waals surface area (Å²) in [4.78, 5) is 48.1. The van der Waals surface area contributed by atoms with Crippen molar-refractivity contribution in [1.29, 1.82) is 0 Å². The highest BCUT2D eigenvalue weighted by Gasteiger charge is 2.26. The summed E-state index contributed by atoms with van der Waals surface area (Å²) >= 11 is 0. The van der Waals surface area contributed by atoms with E-state index in [0.29, 0.717) is 0 Å². The fourth-order valence-electron chi connectivity index (χ4n) is 2.39. The minimum Gasteiger partial charge on any atom is -0.467 e. The van der Waals surface area contributed by atoms with Crippen LogP contribution < -0.4 is 16.6 Å². The second-order valence-electron chi connectivity index (χ2n) is 5.94. The van der Waals surface area contributed by atoms with Crippen LogP contribution in [0.3, 0.4) is 0 Å². The first-order valence-corrected chi connectivity index (χ1v) is 7.55. The van der Waals surface area contributed by atoms with Gasteiger partial charge in [-0.15, -0.1) is 5.10 Å². The van der Waals surface area contributed by atoms with Crippen molar-refractivity contribution in [2.45, 2.75) is 26.4 Å². The highest BCUT2D eigenvalue weighted by Crippen LogP contribution is 2.05. The van der Waals surface area contributed by atoms with Crippen LogP contribution in [0, 0.1) is 5.92 Å². The standard InChI is InChI=1S/C14H20N6O5/c1-7(2)9(13(23)25-5)15-8(21)6-20-10-11(16-17-20)18(3)14(24)19(4)12(10)22/h7,9H,6H2,1-5H3,(H,15,21)/t9-/m0/s1. The maximum atomic E-state index is 12.3. The number of fused-ring (bicyclic) bond motifs is 1. The Hall–Kier alpha value is -2.98. The summed E-state index contributed by atoms with van der Waals surface area (Å²) in [5.41, 5.74) is -1.04. The number of ether oxygens (including phenoxy) is 1. The van der Waals surface area contributed by atoms with Gasteiger partial charge in [-0.2, -0.15) is 0 Å². The summed E-state index contributed by atoms with van der Waals surface area (Å²) in [7, 11) is 4.02. The molecule has 0 aliphatic rings. The summed E-state index contributed by atoms with van der Waals surface area (Å²) in [5, 5.41) is 10.1. The second-order valence-corrected chi connectivity index (χ2v) is 5.94. The molecule has 0 bridgehead atoms. The molecule has 0 unspecified atom stereocenters. The van der Waals surface area contributed by atoms with Crippen LogP contribution in [-0.4, -0.2) is 49.2 Å². The van der Waals surface area contributed by atoms with E-state index in [-0.39, 0.29) is 23.6 Å². The van der Waals surface area contributed by atoms with E-state index in [0.717, 1.165) is 9.25 Å². The lowest BCUT2D eigenvalue weighted by Gasteiger charge is -2.19. The van der Waals surface area contributed by atoms with E-state index in [1.807, 2.05) is 0 Å². The third-order valence-electron chi connectivity index (χ3n) is 3.85. The first-order valence-electron chi connectivity index (χ1n) is 7.55. The third kappa shape index (κ3) is 3.30. The summed E-state index contributed by atoms with van der Waals surface area (Å²) in [6, 6.07) is -0.820. The summed E-state index contributed by atoms with van der Waals surface area (Å²) < 4.78 is 7.84. The number of carbonyl (C=O) groups is 2. The molecule has 0 saturated heterocycles. The number of nitrogens with zero attached hydrogens (tertiary/aromatic N) is 5. The van der Waals surface area contributed by atoms with Crippen LogP contribution in [0.15, 0.2) is 9.59 Å². The van der Waals surface area contributed by atoms with Gasteiger partial charge >= 0.3 is 11.7 Å². The smallest absolute Gasteiger partial charge is 0.332 e. The molecule has 0 fully saturated rings. The van der Waals surface area contributed by atoms with Crippen LogP contribution in [0.2, 0.25) is 0 Å². The molecule has 11 nitrogen and oxygen atoms in total. The molecule has 0 aliphatic heterocycles. The van der Waals surface area contributed by atoms with Crippen molar-refractivity contribution >= 4 is 23.0 Å². The molecule has 1 amide bonds. The molecule has 2 rings (SSSR count). The van der Waals surface area contributed by atoms with Crippen LogP contribution in [0.1, 0.15) is 13.8 Å². The average Bonchev–Trinajstić information content (AvgIpc) is 2.98. The topological polar surface area (TPSA) is 130 Å². The molecule has 2 aromatic rings. The number of methoxy groups -OCH3 is 1. The number of hydrogen-bond donors (Lipinski definition) is 1. The Morgan fingerprint density at radius 2 is 1.84 bits per heavy atom. The Labute approximate surface area is 142 Å². The van der Waals surface area contributed by atoms with Crippen molar-refractivity contribution in [2.24, 2.45) is 20.0 Å². The van der Waals surface area contributed by atoms with E-state index in [1.54, 1.807) is 13.8 Å². The molecular weight excluding hydrogens is 332 g/mol. The number of carbonyl (C=O) groups excluding carboxylic acids is 2. The quantitative estimate of drug-likeness (QED) is 0.625. The Morgan fingerprint density at radius 3 is 2.40 bits per heavy atom. The van der Waals surface area contributed by atoms with Crippen LogP contribution >= 0.6 is 0 Å². The first-order chi connectivity index (χ1) is 11.7. The Balaban J connectivity index is 2.35. The maximum absolute atomic E-state index is 12.3. The minimum absolute atomic E-state index is 0.0268. The zero-order valence-corrected chi connectivity index (χ0v) is 14.6. The average molecular weight is 352 g/mol. The molecule has 0 aromatic carbocycles. The molecule has 25 heavy (non-hydrogen) atoms. The predicted octanol–water partition coefficient (Wildman–Crippen LogP) is -1.86. The van der Waals surface area contributed by atoms with Crippen molar-refractivity contribution in [3.63, 3.8) is 0 Å². The number of aromatic nitrogens is 5. The van der Waals surface area contributed by atoms with E-state index >= 15 is 0 Å². The molecule has 1 N–H and O–H groups in total. The van der Waals surface area contributed by atoms with E-state index in [9.17, 15) is 19.2 Å². The van der Waals surface area contributed by atoms with Crippen LogP contribution in [-0.2, 0) is 35.0 Å². The summed E-state index contributed by atoms with van der Waals surface area (Å²) in [6.07, 6.45) is 0. The normalized spacial score (nSPS) is 12.4. The molecule has 11 heteroatoms. The van der Waals surface area contributed by atoms with Crippen LogP contribution in [0.4, 0.5) is 0 Å². The van der Waals surface area contributed by atoms with Crippen molar-refractivity contribution in [3.05, 3.63) is 20.8 Å². The molecule has 2 aromatic heterocycles. The highest BCUT2D eigenvalue weighted by molar-refractivity contribution is 5.85. The lowest BCUT2D eigenvalue weighted by Crippen LogP contribution is -2.46. The number of aryl methyl sites for hydroxylation is 1. The van der Waals surface area contributed by atoms with E-state index in [4.69, 9.17) is 0 Å². The van der Waals surface area contributed by atoms with E-state index < -0.39 is 29.2 Å². The molecule has 136 valence electrons. The van der Waals surface area contributed by atoms with Gasteiger partial charge in [0.1, 0.15) is 12.6 Å². The Morgan fingerprint density at radius 1 is 1.20 bits per heavy atom. The van der Waals surface area contributed by atoms with Gasteiger partial charge in [0.25, 0.3) is 5.56 Å². The summed E-state index contributed by atoms with van der Waals surface area (Å²) in [5.74, 6) is -1.28. The number of nitrogens with one attached hydrogen (secondary N) is 1. The molecule has 0 saturated carbocycles. The van der Waals surface area contributed by atoms with Gasteiger partial charge in [0.05, 0.1) is 7.11 Å². The maximum Gasteiger partial charge on any atom is 0.332 e. The van der Waals surface area contributed by atoms with Crippen molar-refractivity contribution in [3.8, 4) is 0 Å². The van der Waals surface area contributed by atoms with Gasteiger partial charge in [-0.05, 0) is 5.92 Å². The Bertz CT molecular complexity index is 938.